The lowest BCUT2D eigenvalue weighted by Crippen LogP contribution is -2.54. The number of hydrogen-bond donors (Lipinski definition) is 1. The Morgan fingerprint density at radius 3 is 2.26 bits per heavy atom. The average Bonchev–Trinajstić information content (AvgIpc) is 2.54. The molecule has 2 amide bonds. The van der Waals surface area contributed by atoms with Gasteiger partial charge >= 0.3 is 0 Å². The van der Waals surface area contributed by atoms with E-state index < -0.39 is 17.7 Å². The molecule has 7 heteroatoms. The molecule has 1 aliphatic rings. The number of anilines is 1. The summed E-state index contributed by atoms with van der Waals surface area (Å²) >= 11 is 0. The van der Waals surface area contributed by atoms with Gasteiger partial charge in [0.1, 0.15) is 23.4 Å². The molecule has 0 bridgehead atoms. The maximum absolute atomic E-state index is 13.8. The largest absolute Gasteiger partial charge is 0.363 e. The third kappa shape index (κ3) is 3.97. The van der Waals surface area contributed by atoms with Crippen molar-refractivity contribution in [3.8, 4) is 0 Å². The molecule has 2 rings (SSSR count). The average molecular weight is 325 g/mol. The van der Waals surface area contributed by atoms with E-state index in [1.807, 2.05) is 0 Å². The van der Waals surface area contributed by atoms with Crippen LogP contribution in [0.4, 0.5) is 14.5 Å². The Balaban J connectivity index is 1.96. The van der Waals surface area contributed by atoms with E-state index in [9.17, 15) is 18.4 Å². The number of hydrogen-bond acceptors (Lipinski definition) is 3. The first kappa shape index (κ1) is 17.2. The minimum atomic E-state index is -0.603. The first-order valence-corrected chi connectivity index (χ1v) is 7.71. The molecule has 1 N–H and O–H groups in total. The van der Waals surface area contributed by atoms with Gasteiger partial charge in [0.25, 0.3) is 0 Å². The monoisotopic (exact) mass is 325 g/mol. The van der Waals surface area contributed by atoms with Crippen LogP contribution in [0.15, 0.2) is 18.2 Å². The fourth-order valence-corrected chi connectivity index (χ4v) is 2.62. The molecule has 0 aromatic heterocycles. The number of nitrogens with one attached hydrogen (secondary N) is 1. The zero-order valence-electron chi connectivity index (χ0n) is 13.3. The van der Waals surface area contributed by atoms with Gasteiger partial charge in [0, 0.05) is 32.6 Å². The van der Waals surface area contributed by atoms with Crippen molar-refractivity contribution in [1.82, 2.24) is 10.2 Å². The van der Waals surface area contributed by atoms with Crippen LogP contribution in [0, 0.1) is 11.6 Å². The van der Waals surface area contributed by atoms with E-state index >= 15 is 0 Å². The summed E-state index contributed by atoms with van der Waals surface area (Å²) < 4.78 is 27.6. The second-order valence-electron chi connectivity index (χ2n) is 5.53. The van der Waals surface area contributed by atoms with Crippen molar-refractivity contribution in [3.63, 3.8) is 0 Å². The van der Waals surface area contributed by atoms with Gasteiger partial charge in [-0.2, -0.15) is 0 Å². The number of carbonyl (C=O) groups excluding carboxylic acids is 2. The van der Waals surface area contributed by atoms with Gasteiger partial charge in [-0.1, -0.05) is 13.0 Å². The zero-order valence-corrected chi connectivity index (χ0v) is 13.3. The molecule has 1 aromatic rings. The fourth-order valence-electron chi connectivity index (χ4n) is 2.62. The highest BCUT2D eigenvalue weighted by Gasteiger charge is 2.27. The van der Waals surface area contributed by atoms with Crippen molar-refractivity contribution < 1.29 is 18.4 Å². The maximum Gasteiger partial charge on any atom is 0.244 e. The lowest BCUT2D eigenvalue weighted by atomic mass is 10.2. The number of nitrogens with zero attached hydrogens (tertiary/aromatic N) is 2. The maximum atomic E-state index is 13.8. The Labute approximate surface area is 134 Å². The van der Waals surface area contributed by atoms with E-state index in [0.29, 0.717) is 32.6 Å². The van der Waals surface area contributed by atoms with Gasteiger partial charge < -0.3 is 15.1 Å². The molecule has 0 saturated carbocycles. The highest BCUT2D eigenvalue weighted by molar-refractivity contribution is 5.87. The highest BCUT2D eigenvalue weighted by Crippen LogP contribution is 2.24. The highest BCUT2D eigenvalue weighted by atomic mass is 19.1. The number of para-hydroxylation sites is 1. The number of halogens is 2. The minimum Gasteiger partial charge on any atom is -0.363 e. The van der Waals surface area contributed by atoms with Crippen molar-refractivity contribution >= 4 is 17.5 Å². The molecule has 126 valence electrons. The van der Waals surface area contributed by atoms with Gasteiger partial charge in [-0.05, 0) is 19.1 Å². The molecular weight excluding hydrogens is 304 g/mol. The molecule has 1 saturated heterocycles. The van der Waals surface area contributed by atoms with Gasteiger partial charge in [0.2, 0.25) is 11.8 Å². The number of piperazine rings is 1. The number of benzene rings is 1. The summed E-state index contributed by atoms with van der Waals surface area (Å²) in [5.41, 5.74) is -0.0491. The summed E-state index contributed by atoms with van der Waals surface area (Å²) in [6.07, 6.45) is 0.317. The standard InChI is InChI=1S/C16H21F2N3O2/c1-3-14(22)19-11(2)16(23)21-9-7-20(8-10-21)15-12(17)5-4-6-13(15)18/h4-6,11H,3,7-10H2,1-2H3,(H,19,22). The molecule has 1 atom stereocenters. The Bertz CT molecular complexity index is 566. The van der Waals surface area contributed by atoms with Crippen molar-refractivity contribution in [2.75, 3.05) is 31.1 Å². The number of rotatable bonds is 4. The van der Waals surface area contributed by atoms with E-state index in [-0.39, 0.29) is 17.5 Å². The Kier molecular flexibility index (Phi) is 5.52. The van der Waals surface area contributed by atoms with Crippen LogP contribution < -0.4 is 10.2 Å². The van der Waals surface area contributed by atoms with Crippen LogP contribution in [0.2, 0.25) is 0 Å². The minimum absolute atomic E-state index is 0.0491. The Hall–Kier alpha value is -2.18. The lowest BCUT2D eigenvalue weighted by molar-refractivity contribution is -0.136. The topological polar surface area (TPSA) is 52.7 Å². The Morgan fingerprint density at radius 2 is 1.74 bits per heavy atom. The third-order valence-corrected chi connectivity index (χ3v) is 3.91. The summed E-state index contributed by atoms with van der Waals surface area (Å²) in [4.78, 5) is 26.8. The molecular formula is C16H21F2N3O2. The van der Waals surface area contributed by atoms with Crippen LogP contribution in [0.3, 0.4) is 0 Å². The third-order valence-electron chi connectivity index (χ3n) is 3.91. The SMILES string of the molecule is CCC(=O)NC(C)C(=O)N1CCN(c2c(F)cccc2F)CC1. The van der Waals surface area contributed by atoms with Crippen molar-refractivity contribution in [2.24, 2.45) is 0 Å². The predicted molar refractivity (Wildman–Crippen MR) is 83.0 cm³/mol. The summed E-state index contributed by atoms with van der Waals surface area (Å²) in [5.74, 6) is -1.57. The summed E-state index contributed by atoms with van der Waals surface area (Å²) in [6.45, 7) is 4.76. The van der Waals surface area contributed by atoms with E-state index in [0.717, 1.165) is 0 Å². The second kappa shape index (κ2) is 7.39. The smallest absolute Gasteiger partial charge is 0.244 e. The van der Waals surface area contributed by atoms with Crippen LogP contribution >= 0.6 is 0 Å². The normalized spacial score (nSPS) is 16.2. The van der Waals surface area contributed by atoms with Crippen LogP contribution in [0.25, 0.3) is 0 Å². The second-order valence-corrected chi connectivity index (χ2v) is 5.53. The molecule has 0 aliphatic carbocycles. The molecule has 23 heavy (non-hydrogen) atoms. The van der Waals surface area contributed by atoms with Gasteiger partial charge in [-0.3, -0.25) is 9.59 Å². The van der Waals surface area contributed by atoms with E-state index in [4.69, 9.17) is 0 Å². The molecule has 1 heterocycles. The summed E-state index contributed by atoms with van der Waals surface area (Å²) in [6, 6.07) is 3.17. The van der Waals surface area contributed by atoms with Crippen molar-refractivity contribution in [1.29, 1.82) is 0 Å². The van der Waals surface area contributed by atoms with Gasteiger partial charge in [0.15, 0.2) is 0 Å². The summed E-state index contributed by atoms with van der Waals surface area (Å²) in [7, 11) is 0. The van der Waals surface area contributed by atoms with Crippen molar-refractivity contribution in [2.45, 2.75) is 26.3 Å². The predicted octanol–water partition coefficient (Wildman–Crippen LogP) is 1.53. The molecule has 0 spiro atoms. The first-order chi connectivity index (χ1) is 10.9. The molecule has 1 aromatic carbocycles. The van der Waals surface area contributed by atoms with Gasteiger partial charge in [-0.25, -0.2) is 8.78 Å². The molecule has 1 fully saturated rings. The Morgan fingerprint density at radius 1 is 1.17 bits per heavy atom. The fraction of sp³-hybridized carbons (Fsp3) is 0.500. The van der Waals surface area contributed by atoms with Crippen LogP contribution in [0.5, 0.6) is 0 Å². The first-order valence-electron chi connectivity index (χ1n) is 7.71. The lowest BCUT2D eigenvalue weighted by Gasteiger charge is -2.37. The van der Waals surface area contributed by atoms with E-state index in [1.165, 1.54) is 18.2 Å². The van der Waals surface area contributed by atoms with Gasteiger partial charge in [0.05, 0.1) is 0 Å². The van der Waals surface area contributed by atoms with Crippen LogP contribution in [-0.4, -0.2) is 48.9 Å². The zero-order chi connectivity index (χ0) is 17.0. The molecule has 1 aliphatic heterocycles. The van der Waals surface area contributed by atoms with Crippen LogP contribution in [0.1, 0.15) is 20.3 Å². The number of carbonyl (C=O) groups is 2. The van der Waals surface area contributed by atoms with E-state index in [2.05, 4.69) is 5.32 Å². The summed E-state index contributed by atoms with van der Waals surface area (Å²) in [5, 5.41) is 2.62. The molecule has 0 radical (unpaired) electrons. The molecule has 5 nitrogen and oxygen atoms in total. The van der Waals surface area contributed by atoms with Gasteiger partial charge in [-0.15, -0.1) is 0 Å². The molecule has 1 unspecified atom stereocenters. The van der Waals surface area contributed by atoms with E-state index in [1.54, 1.807) is 23.6 Å². The quantitative estimate of drug-likeness (QED) is 0.913. The van der Waals surface area contributed by atoms with Crippen LogP contribution in [-0.2, 0) is 9.59 Å². The van der Waals surface area contributed by atoms with Crippen molar-refractivity contribution in [3.05, 3.63) is 29.8 Å². The number of amides is 2.